The summed E-state index contributed by atoms with van der Waals surface area (Å²) in [5, 5.41) is 7.14. The van der Waals surface area contributed by atoms with Crippen molar-refractivity contribution in [2.75, 3.05) is 128 Å². The minimum Gasteiger partial charge on any atom is -0.375 e. The molecular weight excluding hydrogens is 753 g/mol. The zero-order valence-corrected chi connectivity index (χ0v) is 36.0. The molecule has 8 saturated heterocycles. The Labute approximate surface area is 331 Å². The Morgan fingerprint density at radius 3 is 2.13 bits per heavy atom. The summed E-state index contributed by atoms with van der Waals surface area (Å²) in [7, 11) is -0.0464. The molecule has 0 amide bonds. The number of hydrogen-bond acceptors (Lipinski definition) is 14. The third kappa shape index (κ3) is 5.84. The Bertz CT molecular complexity index is 1060. The average Bonchev–Trinajstić information content (AvgIpc) is 3.78. The van der Waals surface area contributed by atoms with Crippen LogP contribution >= 0.6 is 54.1 Å². The topological polar surface area (TPSA) is 73.9 Å². The maximum atomic E-state index is 8.57. The molecule has 0 aromatic carbocycles. The summed E-state index contributed by atoms with van der Waals surface area (Å²) in [4.78, 5) is 6.00. The van der Waals surface area contributed by atoms with Crippen molar-refractivity contribution in [3.05, 3.63) is 0 Å². The van der Waals surface area contributed by atoms with Gasteiger partial charge >= 0.3 is 0 Å². The largest absolute Gasteiger partial charge is 0.375 e. The van der Waals surface area contributed by atoms with Crippen molar-refractivity contribution in [3.8, 4) is 0 Å². The minimum absolute atomic E-state index is 0.0208. The van der Waals surface area contributed by atoms with E-state index in [4.69, 9.17) is 18.4 Å². The number of piperazine rings is 1. The van der Waals surface area contributed by atoms with Gasteiger partial charge in [0.15, 0.2) is 5.06 Å². The van der Waals surface area contributed by atoms with Crippen molar-refractivity contribution in [1.29, 1.82) is 0 Å². The first-order valence-corrected chi connectivity index (χ1v) is 28.2. The van der Waals surface area contributed by atoms with E-state index in [-0.39, 0.29) is 16.9 Å². The Morgan fingerprint density at radius 2 is 1.38 bits per heavy atom. The van der Waals surface area contributed by atoms with Crippen molar-refractivity contribution in [3.63, 3.8) is 0 Å². The smallest absolute Gasteiger partial charge is 0.183 e. The lowest BCUT2D eigenvalue weighted by atomic mass is 10.1. The number of ether oxygens (including phenoxy) is 3. The zero-order chi connectivity index (χ0) is 35.2. The molecule has 10 nitrogen and oxygen atoms in total. The number of rotatable bonds is 8. The summed E-state index contributed by atoms with van der Waals surface area (Å²) in [5.41, 5.74) is -0.160. The Morgan fingerprint density at radius 1 is 0.615 bits per heavy atom. The second-order valence-corrected chi connectivity index (χ2v) is 27.9. The summed E-state index contributed by atoms with van der Waals surface area (Å²) >= 11 is 3.94. The molecule has 5 atom stereocenters. The van der Waals surface area contributed by atoms with E-state index in [0.29, 0.717) is 24.4 Å². The summed E-state index contributed by atoms with van der Waals surface area (Å²) in [6.45, 7) is 15.3. The highest BCUT2D eigenvalue weighted by atomic mass is 33.1. The fourth-order valence-corrected chi connectivity index (χ4v) is 34.4. The van der Waals surface area contributed by atoms with Crippen LogP contribution in [0.5, 0.6) is 0 Å². The summed E-state index contributed by atoms with van der Waals surface area (Å²) in [6, 6.07) is 0.240. The van der Waals surface area contributed by atoms with Crippen LogP contribution in [0.3, 0.4) is 0 Å². The van der Waals surface area contributed by atoms with Gasteiger partial charge in [-0.3, -0.25) is 18.4 Å². The predicted molar refractivity (Wildman–Crippen MR) is 227 cm³/mol. The van der Waals surface area contributed by atoms with Gasteiger partial charge in [0.2, 0.25) is 0 Å². The molecule has 0 aromatic rings. The van der Waals surface area contributed by atoms with Crippen LogP contribution in [0.2, 0.25) is 0 Å². The van der Waals surface area contributed by atoms with E-state index in [9.17, 15) is 0 Å². The molecule has 8 rings (SSSR count). The molecule has 0 saturated carbocycles. The van der Waals surface area contributed by atoms with Gasteiger partial charge in [0, 0.05) is 102 Å². The van der Waals surface area contributed by atoms with Gasteiger partial charge < -0.3 is 29.0 Å². The van der Waals surface area contributed by atoms with Crippen LogP contribution in [0.4, 0.5) is 0 Å². The quantitative estimate of drug-likeness (QED) is 0.233. The lowest BCUT2D eigenvalue weighted by Gasteiger charge is -2.99. The van der Waals surface area contributed by atoms with Crippen molar-refractivity contribution >= 4 is 54.1 Å². The molecule has 5 unspecified atom stereocenters. The van der Waals surface area contributed by atoms with E-state index in [1.165, 1.54) is 75.0 Å². The standard InChI is InChI=1S/C37H70N6O4S5/c1-2-5-18-42(17-4-1)52(34-11-7-28-49-47-34,35-32-44-26-27-45-35,36-12-8-29-50-51-36,43-19-9-13-38-16-22-43)37(41-20-14-39-15-21-41)33(10-3-6-25-46-37)40-23-30-48-31-24-40/h33-36,38-39H,1-32H2. The lowest BCUT2D eigenvalue weighted by Crippen LogP contribution is -2.92. The van der Waals surface area contributed by atoms with E-state index in [1.807, 2.05) is 0 Å². The van der Waals surface area contributed by atoms with Crippen LogP contribution < -0.4 is 10.6 Å². The molecule has 8 aliphatic rings. The maximum absolute atomic E-state index is 8.57. The van der Waals surface area contributed by atoms with Gasteiger partial charge in [-0.2, -0.15) is 11.8 Å². The molecule has 0 radical (unpaired) electrons. The molecule has 0 bridgehead atoms. The lowest BCUT2D eigenvalue weighted by molar-refractivity contribution is -0.157. The molecule has 0 spiro atoms. The van der Waals surface area contributed by atoms with Crippen LogP contribution in [-0.4, -0.2) is 173 Å². The Balaban J connectivity index is 1.61. The highest BCUT2D eigenvalue weighted by Gasteiger charge is 2.93. The molecule has 8 fully saturated rings. The summed E-state index contributed by atoms with van der Waals surface area (Å²) in [6.07, 6.45) is 14.4. The normalized spacial score (nSPS) is 38.3. The van der Waals surface area contributed by atoms with Crippen LogP contribution in [0.1, 0.15) is 77.0 Å². The summed E-state index contributed by atoms with van der Waals surface area (Å²) < 4.78 is 38.0. The highest BCUT2D eigenvalue weighted by molar-refractivity contribution is 8.83. The van der Waals surface area contributed by atoms with Crippen molar-refractivity contribution < 1.29 is 18.4 Å². The fourth-order valence-electron chi connectivity index (χ4n) is 12.4. The third-order valence-electron chi connectivity index (χ3n) is 14.1. The van der Waals surface area contributed by atoms with Crippen LogP contribution in [0.25, 0.3) is 0 Å². The van der Waals surface area contributed by atoms with E-state index < -0.39 is 13.7 Å². The molecular formula is C37H70N6O4S5. The maximum Gasteiger partial charge on any atom is 0.183 e. The first-order chi connectivity index (χ1) is 25.8. The van der Waals surface area contributed by atoms with Gasteiger partial charge in [-0.1, -0.05) is 34.4 Å². The molecule has 52 heavy (non-hydrogen) atoms. The van der Waals surface area contributed by atoms with Gasteiger partial charge in [-0.05, 0) is 82.8 Å². The van der Waals surface area contributed by atoms with Gasteiger partial charge in [0.25, 0.3) is 0 Å². The second kappa shape index (κ2) is 17.7. The molecule has 2 N–H and O–H groups in total. The second-order valence-electron chi connectivity index (χ2n) is 16.3. The van der Waals surface area contributed by atoms with Crippen LogP contribution in [0, 0.1) is 0 Å². The van der Waals surface area contributed by atoms with Gasteiger partial charge in [0.05, 0.1) is 30.4 Å². The molecule has 15 heteroatoms. The number of nitrogens with zero attached hydrogens (tertiary/aromatic N) is 4. The van der Waals surface area contributed by atoms with E-state index in [0.717, 1.165) is 110 Å². The van der Waals surface area contributed by atoms with Crippen molar-refractivity contribution in [1.82, 2.24) is 29.0 Å². The van der Waals surface area contributed by atoms with Crippen LogP contribution in [0.15, 0.2) is 0 Å². The number of nitrogens with one attached hydrogen (secondary N) is 2. The molecule has 302 valence electrons. The van der Waals surface area contributed by atoms with Gasteiger partial charge in [-0.25, -0.2) is 0 Å². The third-order valence-corrected chi connectivity index (χ3v) is 31.3. The summed E-state index contributed by atoms with van der Waals surface area (Å²) in [5.74, 6) is 4.69. The minimum atomic E-state index is -4.47. The highest BCUT2D eigenvalue weighted by Crippen LogP contribution is 3.09. The Hall–Kier alpha value is 1.35. The van der Waals surface area contributed by atoms with E-state index in [1.54, 1.807) is 12.0 Å². The first kappa shape index (κ1) is 40.1. The SMILES string of the molecule is C1CCCN(S(C2COCCO2)(C2CCCSO2)(C2CCCSS2)(N2CCCNCC2)C2(N3CCNCC3)OCCCCC2N2CCSCC2)CC1. The molecule has 8 heterocycles. The van der Waals surface area contributed by atoms with Crippen molar-refractivity contribution in [2.24, 2.45) is 0 Å². The van der Waals surface area contributed by atoms with Crippen LogP contribution in [-0.2, 0) is 18.4 Å². The van der Waals surface area contributed by atoms with E-state index >= 15 is 0 Å². The first-order valence-electron chi connectivity index (χ1n) is 21.2. The number of hydrogen-bond donors (Lipinski definition) is 2. The van der Waals surface area contributed by atoms with Crippen molar-refractivity contribution in [2.45, 2.75) is 104 Å². The predicted octanol–water partition coefficient (Wildman–Crippen LogP) is 5.70. The zero-order valence-electron chi connectivity index (χ0n) is 31.9. The number of thioether (sulfide) groups is 1. The fraction of sp³-hybridized carbons (Fsp3) is 1.00. The average molecular weight is 823 g/mol. The monoisotopic (exact) mass is 822 g/mol. The van der Waals surface area contributed by atoms with E-state index in [2.05, 4.69) is 62.4 Å². The molecule has 8 aliphatic heterocycles. The van der Waals surface area contributed by atoms with Gasteiger partial charge in [0.1, 0.15) is 10.9 Å². The molecule has 0 aliphatic carbocycles. The molecule has 0 aromatic heterocycles. The Kier molecular flexibility index (Phi) is 13.7. The van der Waals surface area contributed by atoms with Gasteiger partial charge in [-0.15, -0.1) is 8.67 Å².